The molecule has 0 bridgehead atoms. The van der Waals surface area contributed by atoms with E-state index < -0.39 is 18.2 Å². The number of amides is 1. The number of aliphatic hydroxyl groups is 3. The van der Waals surface area contributed by atoms with Crippen molar-refractivity contribution in [3.05, 3.63) is 24.3 Å². The van der Waals surface area contributed by atoms with Crippen LogP contribution in [0.3, 0.4) is 0 Å². The summed E-state index contributed by atoms with van der Waals surface area (Å²) in [6, 6.07) is -0.743. The van der Waals surface area contributed by atoms with Gasteiger partial charge in [0, 0.05) is 0 Å². The quantitative estimate of drug-likeness (QED) is 0.0412. The zero-order valence-corrected chi connectivity index (χ0v) is 30.0. The van der Waals surface area contributed by atoms with E-state index in [4.69, 9.17) is 0 Å². The average Bonchev–Trinajstić information content (AvgIpc) is 3.03. The standard InChI is InChI=1S/C40H77NO4/c1-3-5-7-9-11-13-15-17-19-21-23-25-27-29-31-33-37(43)35-40(45)41-38(36-42)39(44)34-32-30-28-26-24-22-20-18-16-14-12-10-8-6-4-2/h17,19,32,34,37-39,42-44H,3-16,18,20-31,33,35-36H2,1-2H3,(H,41,45)/b19-17-,34-32+. The van der Waals surface area contributed by atoms with Crippen molar-refractivity contribution < 1.29 is 20.1 Å². The minimum absolute atomic E-state index is 0.00922. The molecule has 0 heterocycles. The molecule has 0 saturated heterocycles. The number of hydrogen-bond donors (Lipinski definition) is 4. The molecule has 5 nitrogen and oxygen atoms in total. The van der Waals surface area contributed by atoms with Crippen LogP contribution in [0.1, 0.15) is 200 Å². The summed E-state index contributed by atoms with van der Waals surface area (Å²) in [5.41, 5.74) is 0. The number of unbranched alkanes of at least 4 members (excludes halogenated alkanes) is 24. The van der Waals surface area contributed by atoms with Gasteiger partial charge in [-0.1, -0.05) is 173 Å². The number of nitrogens with one attached hydrogen (secondary N) is 1. The van der Waals surface area contributed by atoms with Crippen LogP contribution in [0.5, 0.6) is 0 Å². The van der Waals surface area contributed by atoms with E-state index >= 15 is 0 Å². The number of hydrogen-bond acceptors (Lipinski definition) is 4. The Kier molecular flexibility index (Phi) is 34.8. The van der Waals surface area contributed by atoms with Gasteiger partial charge in [0.15, 0.2) is 0 Å². The Bertz CT molecular complexity index is 665. The van der Waals surface area contributed by atoms with Gasteiger partial charge in [-0.25, -0.2) is 0 Å². The molecule has 0 radical (unpaired) electrons. The molecule has 266 valence electrons. The summed E-state index contributed by atoms with van der Waals surface area (Å²) in [6.45, 7) is 4.19. The molecule has 0 aromatic heterocycles. The Morgan fingerprint density at radius 2 is 0.933 bits per heavy atom. The second-order valence-corrected chi connectivity index (χ2v) is 13.5. The third-order valence-corrected chi connectivity index (χ3v) is 8.98. The second kappa shape index (κ2) is 35.7. The molecule has 3 atom stereocenters. The highest BCUT2D eigenvalue weighted by Crippen LogP contribution is 2.14. The van der Waals surface area contributed by atoms with Crippen molar-refractivity contribution in [3.8, 4) is 0 Å². The number of rotatable bonds is 35. The Labute approximate surface area is 280 Å². The third-order valence-electron chi connectivity index (χ3n) is 8.98. The first kappa shape index (κ1) is 43.8. The minimum atomic E-state index is -0.927. The summed E-state index contributed by atoms with van der Waals surface area (Å²) in [4.78, 5) is 12.4. The summed E-state index contributed by atoms with van der Waals surface area (Å²) in [7, 11) is 0. The summed E-state index contributed by atoms with van der Waals surface area (Å²) in [5.74, 6) is -0.321. The molecule has 0 aromatic carbocycles. The van der Waals surface area contributed by atoms with Gasteiger partial charge in [-0.15, -0.1) is 0 Å². The summed E-state index contributed by atoms with van der Waals surface area (Å²) in [6.07, 6.45) is 41.6. The van der Waals surface area contributed by atoms with Gasteiger partial charge in [-0.3, -0.25) is 4.79 Å². The lowest BCUT2D eigenvalue weighted by Crippen LogP contribution is -2.45. The van der Waals surface area contributed by atoms with Crippen molar-refractivity contribution >= 4 is 5.91 Å². The summed E-state index contributed by atoms with van der Waals surface area (Å²) >= 11 is 0. The molecular formula is C40H77NO4. The minimum Gasteiger partial charge on any atom is -0.394 e. The Balaban J connectivity index is 3.73. The van der Waals surface area contributed by atoms with E-state index in [2.05, 4.69) is 31.3 Å². The SMILES string of the molecule is CCCCCCCC/C=C\CCCCCCCC(O)CC(=O)NC(CO)C(O)/C=C/CCCCCCCCCCCCCCC. The van der Waals surface area contributed by atoms with E-state index in [1.54, 1.807) is 6.08 Å². The van der Waals surface area contributed by atoms with Crippen molar-refractivity contribution in [2.45, 2.75) is 218 Å². The molecule has 0 saturated carbocycles. The maximum absolute atomic E-state index is 12.4. The summed E-state index contributed by atoms with van der Waals surface area (Å²) in [5, 5.41) is 33.1. The van der Waals surface area contributed by atoms with Crippen LogP contribution < -0.4 is 5.32 Å². The van der Waals surface area contributed by atoms with Gasteiger partial charge in [-0.05, 0) is 44.9 Å². The Hall–Kier alpha value is -1.17. The van der Waals surface area contributed by atoms with E-state index in [1.165, 1.54) is 135 Å². The van der Waals surface area contributed by atoms with E-state index in [1.807, 2.05) is 6.08 Å². The van der Waals surface area contributed by atoms with Crippen LogP contribution >= 0.6 is 0 Å². The van der Waals surface area contributed by atoms with E-state index in [0.29, 0.717) is 6.42 Å². The van der Waals surface area contributed by atoms with Crippen LogP contribution in [0.15, 0.2) is 24.3 Å². The molecule has 5 heteroatoms. The lowest BCUT2D eigenvalue weighted by atomic mass is 10.0. The molecular weight excluding hydrogens is 558 g/mol. The lowest BCUT2D eigenvalue weighted by Gasteiger charge is -2.21. The average molecular weight is 636 g/mol. The van der Waals surface area contributed by atoms with Crippen LogP contribution in [-0.2, 0) is 4.79 Å². The van der Waals surface area contributed by atoms with Crippen LogP contribution in [-0.4, -0.2) is 46.1 Å². The molecule has 0 aliphatic heterocycles. The molecule has 45 heavy (non-hydrogen) atoms. The molecule has 0 aliphatic rings. The van der Waals surface area contributed by atoms with Crippen molar-refractivity contribution in [1.29, 1.82) is 0 Å². The predicted molar refractivity (Wildman–Crippen MR) is 195 cm³/mol. The zero-order valence-electron chi connectivity index (χ0n) is 30.0. The third kappa shape index (κ3) is 32.6. The number of aliphatic hydroxyl groups excluding tert-OH is 3. The molecule has 0 rings (SSSR count). The Morgan fingerprint density at radius 3 is 1.36 bits per heavy atom. The molecule has 0 aliphatic carbocycles. The van der Waals surface area contributed by atoms with Crippen molar-refractivity contribution in [1.82, 2.24) is 5.32 Å². The maximum atomic E-state index is 12.4. The monoisotopic (exact) mass is 636 g/mol. The smallest absolute Gasteiger partial charge is 0.222 e. The van der Waals surface area contributed by atoms with Crippen LogP contribution in [0.25, 0.3) is 0 Å². The van der Waals surface area contributed by atoms with Crippen LogP contribution in [0, 0.1) is 0 Å². The molecule has 0 aromatic rings. The van der Waals surface area contributed by atoms with Gasteiger partial charge < -0.3 is 20.6 Å². The topological polar surface area (TPSA) is 89.8 Å². The first-order valence-electron chi connectivity index (χ1n) is 19.6. The second-order valence-electron chi connectivity index (χ2n) is 13.5. The van der Waals surface area contributed by atoms with Crippen molar-refractivity contribution in [2.75, 3.05) is 6.61 Å². The number of carbonyl (C=O) groups is 1. The van der Waals surface area contributed by atoms with Crippen LogP contribution in [0.4, 0.5) is 0 Å². The van der Waals surface area contributed by atoms with Gasteiger partial charge >= 0.3 is 0 Å². The number of carbonyl (C=O) groups excluding carboxylic acids is 1. The normalized spacial score (nSPS) is 14.0. The first-order chi connectivity index (χ1) is 22.0. The zero-order chi connectivity index (χ0) is 33.1. The van der Waals surface area contributed by atoms with Gasteiger partial charge in [0.2, 0.25) is 5.91 Å². The number of allylic oxidation sites excluding steroid dienone is 3. The highest BCUT2D eigenvalue weighted by Gasteiger charge is 2.20. The predicted octanol–water partition coefficient (Wildman–Crippen LogP) is 10.7. The fraction of sp³-hybridized carbons (Fsp3) is 0.875. The van der Waals surface area contributed by atoms with Gasteiger partial charge in [0.05, 0.1) is 31.3 Å². The molecule has 0 fully saturated rings. The molecule has 1 amide bonds. The highest BCUT2D eigenvalue weighted by molar-refractivity contribution is 5.76. The molecule has 4 N–H and O–H groups in total. The van der Waals surface area contributed by atoms with Gasteiger partial charge in [0.25, 0.3) is 0 Å². The van der Waals surface area contributed by atoms with E-state index in [9.17, 15) is 20.1 Å². The summed E-state index contributed by atoms with van der Waals surface area (Å²) < 4.78 is 0. The van der Waals surface area contributed by atoms with Crippen LogP contribution in [0.2, 0.25) is 0 Å². The fourth-order valence-corrected chi connectivity index (χ4v) is 5.92. The highest BCUT2D eigenvalue weighted by atomic mass is 16.3. The fourth-order valence-electron chi connectivity index (χ4n) is 5.92. The molecule has 0 spiro atoms. The Morgan fingerprint density at radius 1 is 0.556 bits per heavy atom. The van der Waals surface area contributed by atoms with Crippen molar-refractivity contribution in [2.24, 2.45) is 0 Å². The van der Waals surface area contributed by atoms with Crippen molar-refractivity contribution in [3.63, 3.8) is 0 Å². The van der Waals surface area contributed by atoms with E-state index in [-0.39, 0.29) is 18.9 Å². The molecule has 3 unspecified atom stereocenters. The first-order valence-corrected chi connectivity index (χ1v) is 19.6. The maximum Gasteiger partial charge on any atom is 0.222 e. The lowest BCUT2D eigenvalue weighted by molar-refractivity contribution is -0.124. The largest absolute Gasteiger partial charge is 0.394 e. The van der Waals surface area contributed by atoms with E-state index in [0.717, 1.165) is 38.5 Å². The van der Waals surface area contributed by atoms with Gasteiger partial charge in [0.1, 0.15) is 0 Å². The van der Waals surface area contributed by atoms with Gasteiger partial charge in [-0.2, -0.15) is 0 Å².